The van der Waals surface area contributed by atoms with E-state index in [0.717, 1.165) is 22.0 Å². The summed E-state index contributed by atoms with van der Waals surface area (Å²) in [6.07, 6.45) is 0. The van der Waals surface area contributed by atoms with E-state index in [0.29, 0.717) is 6.54 Å². The molecular formula is C21H19NO3S. The molecule has 0 aromatic heterocycles. The molecule has 26 heavy (non-hydrogen) atoms. The highest BCUT2D eigenvalue weighted by Gasteiger charge is 2.16. The summed E-state index contributed by atoms with van der Waals surface area (Å²) < 4.78 is 10.7. The van der Waals surface area contributed by atoms with E-state index in [1.54, 1.807) is 11.8 Å². The van der Waals surface area contributed by atoms with E-state index in [1.807, 2.05) is 37.3 Å². The molecule has 0 saturated heterocycles. The van der Waals surface area contributed by atoms with E-state index in [1.165, 1.54) is 10.8 Å². The normalized spacial score (nSPS) is 13.6. The first-order valence-electron chi connectivity index (χ1n) is 8.51. The highest BCUT2D eigenvalue weighted by Crippen LogP contribution is 2.32. The van der Waals surface area contributed by atoms with Crippen molar-refractivity contribution in [1.29, 1.82) is 0 Å². The molecule has 4 nitrogen and oxygen atoms in total. The van der Waals surface area contributed by atoms with E-state index in [4.69, 9.17) is 9.47 Å². The number of carbonyl (C=O) groups excluding carboxylic acids is 1. The van der Waals surface area contributed by atoms with Gasteiger partial charge in [0.05, 0.1) is 5.25 Å². The molecule has 3 aromatic rings. The second-order valence-electron chi connectivity index (χ2n) is 6.17. The summed E-state index contributed by atoms with van der Waals surface area (Å²) in [6, 6.07) is 20.2. The summed E-state index contributed by atoms with van der Waals surface area (Å²) in [5, 5.41) is 5.21. The molecule has 0 saturated carbocycles. The maximum absolute atomic E-state index is 12.4. The van der Waals surface area contributed by atoms with Gasteiger partial charge in [-0.2, -0.15) is 0 Å². The van der Waals surface area contributed by atoms with Crippen LogP contribution in [0.3, 0.4) is 0 Å². The Labute approximate surface area is 156 Å². The fourth-order valence-electron chi connectivity index (χ4n) is 2.88. The van der Waals surface area contributed by atoms with Gasteiger partial charge in [-0.3, -0.25) is 4.79 Å². The molecule has 0 bridgehead atoms. The molecule has 1 atom stereocenters. The quantitative estimate of drug-likeness (QED) is 0.682. The standard InChI is InChI=1S/C21H19NO3S/c1-14(26-18-8-7-16-4-2-3-5-17(16)11-18)21(23)22-12-15-6-9-19-20(10-15)25-13-24-19/h2-11,14H,12-13H2,1H3,(H,22,23)/t14-/m0/s1. The number of rotatable bonds is 5. The van der Waals surface area contributed by atoms with Gasteiger partial charge in [-0.15, -0.1) is 11.8 Å². The zero-order valence-electron chi connectivity index (χ0n) is 14.4. The van der Waals surface area contributed by atoms with Gasteiger partial charge in [0.15, 0.2) is 11.5 Å². The minimum absolute atomic E-state index is 0.0147. The molecule has 0 radical (unpaired) electrons. The number of hydrogen-bond donors (Lipinski definition) is 1. The second kappa shape index (κ2) is 7.30. The topological polar surface area (TPSA) is 47.6 Å². The number of hydrogen-bond acceptors (Lipinski definition) is 4. The van der Waals surface area contributed by atoms with Crippen molar-refractivity contribution in [2.45, 2.75) is 23.6 Å². The second-order valence-corrected chi connectivity index (χ2v) is 7.59. The molecule has 1 heterocycles. The van der Waals surface area contributed by atoms with E-state index in [2.05, 4.69) is 35.6 Å². The summed E-state index contributed by atoms with van der Waals surface area (Å²) in [5.74, 6) is 1.50. The molecule has 4 rings (SSSR count). The number of carbonyl (C=O) groups is 1. The van der Waals surface area contributed by atoms with Crippen LogP contribution in [0.1, 0.15) is 12.5 Å². The Kier molecular flexibility index (Phi) is 4.71. The Balaban J connectivity index is 1.36. The van der Waals surface area contributed by atoms with Crippen LogP contribution in [0, 0.1) is 0 Å². The molecule has 1 aliphatic rings. The monoisotopic (exact) mass is 365 g/mol. The number of nitrogens with one attached hydrogen (secondary N) is 1. The molecule has 0 fully saturated rings. The van der Waals surface area contributed by atoms with Gasteiger partial charge in [0, 0.05) is 11.4 Å². The lowest BCUT2D eigenvalue weighted by Gasteiger charge is -2.13. The van der Waals surface area contributed by atoms with Crippen molar-refractivity contribution >= 4 is 28.4 Å². The predicted molar refractivity (Wildman–Crippen MR) is 104 cm³/mol. The van der Waals surface area contributed by atoms with Crippen molar-refractivity contribution in [1.82, 2.24) is 5.32 Å². The summed E-state index contributed by atoms with van der Waals surface area (Å²) in [4.78, 5) is 13.5. The van der Waals surface area contributed by atoms with E-state index < -0.39 is 0 Å². The summed E-state index contributed by atoms with van der Waals surface area (Å²) in [7, 11) is 0. The average molecular weight is 365 g/mol. The largest absolute Gasteiger partial charge is 0.454 e. The van der Waals surface area contributed by atoms with Crippen molar-refractivity contribution in [3.63, 3.8) is 0 Å². The maximum atomic E-state index is 12.4. The van der Waals surface area contributed by atoms with Crippen molar-refractivity contribution in [2.75, 3.05) is 6.79 Å². The third-order valence-electron chi connectivity index (χ3n) is 4.31. The Morgan fingerprint density at radius 3 is 2.73 bits per heavy atom. The molecule has 5 heteroatoms. The fourth-order valence-corrected chi connectivity index (χ4v) is 3.82. The predicted octanol–water partition coefficient (Wildman–Crippen LogP) is 4.37. The number of benzene rings is 3. The van der Waals surface area contributed by atoms with E-state index in [-0.39, 0.29) is 18.0 Å². The average Bonchev–Trinajstić information content (AvgIpc) is 3.13. The Hall–Kier alpha value is -2.66. The van der Waals surface area contributed by atoms with Gasteiger partial charge in [-0.05, 0) is 47.5 Å². The molecular weight excluding hydrogens is 346 g/mol. The minimum atomic E-state index is -0.176. The maximum Gasteiger partial charge on any atom is 0.233 e. The first-order valence-corrected chi connectivity index (χ1v) is 9.39. The zero-order valence-corrected chi connectivity index (χ0v) is 15.2. The molecule has 1 N–H and O–H groups in total. The molecule has 0 spiro atoms. The van der Waals surface area contributed by atoms with Gasteiger partial charge in [-0.1, -0.05) is 36.4 Å². The van der Waals surface area contributed by atoms with E-state index >= 15 is 0 Å². The molecule has 132 valence electrons. The highest BCUT2D eigenvalue weighted by atomic mass is 32.2. The summed E-state index contributed by atoms with van der Waals surface area (Å²) in [5.41, 5.74) is 0.991. The Bertz CT molecular complexity index is 957. The minimum Gasteiger partial charge on any atom is -0.454 e. The number of thioether (sulfide) groups is 1. The van der Waals surface area contributed by atoms with Crippen molar-refractivity contribution in [2.24, 2.45) is 0 Å². The van der Waals surface area contributed by atoms with Crippen LogP contribution in [0.5, 0.6) is 11.5 Å². The van der Waals surface area contributed by atoms with Crippen LogP contribution >= 0.6 is 11.8 Å². The van der Waals surface area contributed by atoms with Crippen LogP contribution < -0.4 is 14.8 Å². The lowest BCUT2D eigenvalue weighted by atomic mass is 10.1. The Morgan fingerprint density at radius 2 is 1.85 bits per heavy atom. The highest BCUT2D eigenvalue weighted by molar-refractivity contribution is 8.00. The van der Waals surface area contributed by atoms with Crippen molar-refractivity contribution < 1.29 is 14.3 Å². The first-order chi connectivity index (χ1) is 12.7. The number of amides is 1. The van der Waals surface area contributed by atoms with Crippen molar-refractivity contribution in [3.8, 4) is 11.5 Å². The van der Waals surface area contributed by atoms with Crippen LogP contribution in [-0.4, -0.2) is 18.0 Å². The van der Waals surface area contributed by atoms with Gasteiger partial charge in [0.2, 0.25) is 12.7 Å². The molecule has 0 aliphatic carbocycles. The molecule has 3 aromatic carbocycles. The van der Waals surface area contributed by atoms with E-state index in [9.17, 15) is 4.79 Å². The van der Waals surface area contributed by atoms with Crippen LogP contribution in [0.4, 0.5) is 0 Å². The third-order valence-corrected chi connectivity index (χ3v) is 5.40. The summed E-state index contributed by atoms with van der Waals surface area (Å²) >= 11 is 1.57. The smallest absolute Gasteiger partial charge is 0.233 e. The molecule has 1 aliphatic heterocycles. The van der Waals surface area contributed by atoms with Crippen molar-refractivity contribution in [3.05, 3.63) is 66.2 Å². The van der Waals surface area contributed by atoms with Gasteiger partial charge >= 0.3 is 0 Å². The van der Waals surface area contributed by atoms with Crippen LogP contribution in [-0.2, 0) is 11.3 Å². The zero-order chi connectivity index (χ0) is 17.9. The third kappa shape index (κ3) is 3.63. The van der Waals surface area contributed by atoms with Gasteiger partial charge in [0.1, 0.15) is 0 Å². The Morgan fingerprint density at radius 1 is 1.04 bits per heavy atom. The van der Waals surface area contributed by atoms with Crippen LogP contribution in [0.25, 0.3) is 10.8 Å². The lowest BCUT2D eigenvalue weighted by molar-refractivity contribution is -0.120. The SMILES string of the molecule is C[C@H](Sc1ccc2ccccc2c1)C(=O)NCc1ccc2c(c1)OCO2. The van der Waals surface area contributed by atoms with Gasteiger partial charge in [0.25, 0.3) is 0 Å². The number of ether oxygens (including phenoxy) is 2. The lowest BCUT2D eigenvalue weighted by Crippen LogP contribution is -2.30. The first kappa shape index (κ1) is 16.8. The fraction of sp³-hybridized carbons (Fsp3) is 0.190. The van der Waals surface area contributed by atoms with Gasteiger partial charge < -0.3 is 14.8 Å². The van der Waals surface area contributed by atoms with Gasteiger partial charge in [-0.25, -0.2) is 0 Å². The number of fused-ring (bicyclic) bond motifs is 2. The van der Waals surface area contributed by atoms with Crippen LogP contribution in [0.15, 0.2) is 65.6 Å². The molecule has 1 amide bonds. The van der Waals surface area contributed by atoms with Crippen LogP contribution in [0.2, 0.25) is 0 Å². The molecule has 0 unspecified atom stereocenters. The summed E-state index contributed by atoms with van der Waals surface area (Å²) in [6.45, 7) is 2.65.